The van der Waals surface area contributed by atoms with Gasteiger partial charge in [-0.05, 0) is 43.7 Å². The molecule has 0 spiro atoms. The molecule has 0 aliphatic carbocycles. The Morgan fingerprint density at radius 3 is 2.70 bits per heavy atom. The van der Waals surface area contributed by atoms with Gasteiger partial charge >= 0.3 is 5.97 Å². The second kappa shape index (κ2) is 6.17. The molecule has 122 valence electrons. The second-order valence-electron chi connectivity index (χ2n) is 5.34. The minimum Gasteiger partial charge on any atom is -0.479 e. The number of carboxylic acids is 1. The largest absolute Gasteiger partial charge is 0.479 e. The normalized spacial score (nSPS) is 13.4. The van der Waals surface area contributed by atoms with Crippen molar-refractivity contribution in [3.63, 3.8) is 0 Å². The lowest BCUT2D eigenvalue weighted by atomic mass is 10.1. The summed E-state index contributed by atoms with van der Waals surface area (Å²) < 4.78 is 14.5. The molecule has 0 saturated heterocycles. The smallest absolute Gasteiger partial charge is 0.337 e. The number of hydrogen-bond acceptors (Lipinski definition) is 4. The predicted octanol–water partition coefficient (Wildman–Crippen LogP) is 0.885. The quantitative estimate of drug-likeness (QED) is 0.758. The number of rotatable bonds is 5. The molecule has 2 aromatic rings. The maximum absolute atomic E-state index is 13.1. The summed E-state index contributed by atoms with van der Waals surface area (Å²) in [5.41, 5.74) is -0.752. The Labute approximate surface area is 131 Å². The third-order valence-electron chi connectivity index (χ3n) is 3.28. The van der Waals surface area contributed by atoms with E-state index in [4.69, 9.17) is 5.11 Å². The van der Waals surface area contributed by atoms with Crippen LogP contribution in [0, 0.1) is 12.7 Å². The molecule has 1 unspecified atom stereocenters. The lowest BCUT2D eigenvalue weighted by molar-refractivity contribution is -0.155. The van der Waals surface area contributed by atoms with Crippen LogP contribution in [0.15, 0.2) is 30.5 Å². The van der Waals surface area contributed by atoms with Gasteiger partial charge in [-0.1, -0.05) is 0 Å². The third-order valence-corrected chi connectivity index (χ3v) is 3.28. The minimum atomic E-state index is -2.06. The van der Waals surface area contributed by atoms with Crippen LogP contribution in [0.4, 0.5) is 4.39 Å². The predicted molar refractivity (Wildman–Crippen MR) is 78.9 cm³/mol. The highest BCUT2D eigenvalue weighted by atomic mass is 19.1. The second-order valence-corrected chi connectivity index (χ2v) is 5.34. The van der Waals surface area contributed by atoms with Crippen molar-refractivity contribution < 1.29 is 24.2 Å². The number of aliphatic hydroxyl groups is 1. The van der Waals surface area contributed by atoms with E-state index < -0.39 is 24.0 Å². The summed E-state index contributed by atoms with van der Waals surface area (Å²) in [6.07, 6.45) is 1.53. The molecule has 1 aromatic heterocycles. The van der Waals surface area contributed by atoms with Crippen LogP contribution in [0.25, 0.3) is 5.69 Å². The van der Waals surface area contributed by atoms with Crippen LogP contribution in [0.5, 0.6) is 0 Å². The molecule has 0 fully saturated rings. The fourth-order valence-electron chi connectivity index (χ4n) is 1.87. The van der Waals surface area contributed by atoms with Crippen molar-refractivity contribution in [1.29, 1.82) is 0 Å². The van der Waals surface area contributed by atoms with E-state index in [1.165, 1.54) is 35.1 Å². The van der Waals surface area contributed by atoms with Crippen LogP contribution >= 0.6 is 0 Å². The molecular weight excluding hydrogens is 305 g/mol. The van der Waals surface area contributed by atoms with Crippen LogP contribution in [0.2, 0.25) is 0 Å². The average Bonchev–Trinajstić information content (AvgIpc) is 2.94. The molecule has 1 heterocycles. The number of carboxylic acid groups (broad SMARTS) is 1. The maximum Gasteiger partial charge on any atom is 0.337 e. The topological polar surface area (TPSA) is 104 Å². The summed E-state index contributed by atoms with van der Waals surface area (Å²) in [5, 5.41) is 24.7. The van der Waals surface area contributed by atoms with Gasteiger partial charge in [-0.2, -0.15) is 5.10 Å². The van der Waals surface area contributed by atoms with Gasteiger partial charge in [0.2, 0.25) is 0 Å². The van der Waals surface area contributed by atoms with E-state index in [0.29, 0.717) is 11.3 Å². The fraction of sp³-hybridized carbons (Fsp3) is 0.267. The number of benzene rings is 1. The lowest BCUT2D eigenvalue weighted by Gasteiger charge is -2.17. The number of amides is 1. The number of halogens is 1. The van der Waals surface area contributed by atoms with Gasteiger partial charge in [0, 0.05) is 6.20 Å². The molecule has 3 N–H and O–H groups in total. The van der Waals surface area contributed by atoms with Crippen molar-refractivity contribution in [2.75, 3.05) is 6.54 Å². The number of aromatic nitrogens is 2. The van der Waals surface area contributed by atoms with E-state index in [1.807, 2.05) is 0 Å². The number of nitrogens with one attached hydrogen (secondary N) is 1. The van der Waals surface area contributed by atoms with Gasteiger partial charge < -0.3 is 15.5 Å². The van der Waals surface area contributed by atoms with Crippen LogP contribution in [0.3, 0.4) is 0 Å². The van der Waals surface area contributed by atoms with Gasteiger partial charge in [-0.15, -0.1) is 0 Å². The van der Waals surface area contributed by atoms with Crippen LogP contribution in [0.1, 0.15) is 23.0 Å². The third kappa shape index (κ3) is 3.72. The molecule has 0 bridgehead atoms. The fourth-order valence-corrected chi connectivity index (χ4v) is 1.87. The summed E-state index contributed by atoms with van der Waals surface area (Å²) >= 11 is 0. The van der Waals surface area contributed by atoms with Crippen LogP contribution < -0.4 is 5.32 Å². The molecule has 23 heavy (non-hydrogen) atoms. The Morgan fingerprint density at radius 1 is 1.39 bits per heavy atom. The van der Waals surface area contributed by atoms with Gasteiger partial charge in [-0.25, -0.2) is 13.9 Å². The first-order valence-corrected chi connectivity index (χ1v) is 6.77. The van der Waals surface area contributed by atoms with Gasteiger partial charge in [0.25, 0.3) is 5.91 Å². The van der Waals surface area contributed by atoms with Crippen molar-refractivity contribution in [2.45, 2.75) is 19.4 Å². The molecule has 7 nitrogen and oxygen atoms in total. The Balaban J connectivity index is 2.13. The van der Waals surface area contributed by atoms with Crippen molar-refractivity contribution in [3.8, 4) is 5.69 Å². The summed E-state index contributed by atoms with van der Waals surface area (Å²) in [7, 11) is 0. The van der Waals surface area contributed by atoms with Gasteiger partial charge in [0.05, 0.1) is 12.2 Å². The Kier molecular flexibility index (Phi) is 4.46. The standard InChI is InChI=1S/C15H16FN3O4/c1-9-7-10(16)3-4-12(9)19-6-5-11(18-19)13(20)17-8-15(2,23)14(21)22/h3-7,23H,8H2,1-2H3,(H,17,20)(H,21,22). The van der Waals surface area contributed by atoms with E-state index in [1.54, 1.807) is 6.92 Å². The van der Waals surface area contributed by atoms with Gasteiger partial charge in [-0.3, -0.25) is 4.79 Å². The Morgan fingerprint density at radius 2 is 2.09 bits per heavy atom. The number of nitrogens with zero attached hydrogens (tertiary/aromatic N) is 2. The number of aliphatic carboxylic acids is 1. The minimum absolute atomic E-state index is 0.0508. The number of carbonyl (C=O) groups excluding carboxylic acids is 1. The molecule has 8 heteroatoms. The molecule has 0 aliphatic heterocycles. The van der Waals surface area contributed by atoms with E-state index >= 15 is 0 Å². The number of aryl methyl sites for hydroxylation is 1. The summed E-state index contributed by atoms with van der Waals surface area (Å²) in [4.78, 5) is 22.7. The monoisotopic (exact) mass is 321 g/mol. The molecule has 1 atom stereocenters. The zero-order valence-electron chi connectivity index (χ0n) is 12.6. The summed E-state index contributed by atoms with van der Waals surface area (Å²) in [6.45, 7) is 2.34. The Hall–Kier alpha value is -2.74. The number of carbonyl (C=O) groups is 2. The number of hydrogen-bond donors (Lipinski definition) is 3. The van der Waals surface area contributed by atoms with Gasteiger partial charge in [0.1, 0.15) is 5.82 Å². The molecule has 2 rings (SSSR count). The van der Waals surface area contributed by atoms with E-state index in [2.05, 4.69) is 10.4 Å². The molecule has 1 amide bonds. The summed E-state index contributed by atoms with van der Waals surface area (Å²) in [6, 6.07) is 5.61. The molecule has 0 radical (unpaired) electrons. The van der Waals surface area contributed by atoms with E-state index in [9.17, 15) is 19.1 Å². The highest BCUT2D eigenvalue weighted by Crippen LogP contribution is 2.15. The van der Waals surface area contributed by atoms with Crippen LogP contribution in [-0.2, 0) is 4.79 Å². The van der Waals surface area contributed by atoms with Crippen LogP contribution in [-0.4, -0.2) is 44.0 Å². The van der Waals surface area contributed by atoms with Gasteiger partial charge in [0.15, 0.2) is 11.3 Å². The molecular formula is C15H16FN3O4. The Bertz CT molecular complexity index is 755. The van der Waals surface area contributed by atoms with Crippen molar-refractivity contribution in [3.05, 3.63) is 47.5 Å². The SMILES string of the molecule is Cc1cc(F)ccc1-n1ccc(C(=O)NCC(C)(O)C(=O)O)n1. The maximum atomic E-state index is 13.1. The summed E-state index contributed by atoms with van der Waals surface area (Å²) in [5.74, 6) is -2.43. The first-order valence-electron chi connectivity index (χ1n) is 6.77. The molecule has 0 saturated carbocycles. The zero-order valence-corrected chi connectivity index (χ0v) is 12.6. The highest BCUT2D eigenvalue weighted by Gasteiger charge is 2.30. The zero-order chi connectivity index (χ0) is 17.2. The highest BCUT2D eigenvalue weighted by molar-refractivity contribution is 5.92. The molecule has 0 aliphatic rings. The van der Waals surface area contributed by atoms with E-state index in [0.717, 1.165) is 6.92 Å². The van der Waals surface area contributed by atoms with Crippen molar-refractivity contribution in [2.24, 2.45) is 0 Å². The molecule has 1 aromatic carbocycles. The average molecular weight is 321 g/mol. The lowest BCUT2D eigenvalue weighted by Crippen LogP contribution is -2.46. The van der Waals surface area contributed by atoms with Crippen molar-refractivity contribution >= 4 is 11.9 Å². The van der Waals surface area contributed by atoms with E-state index in [-0.39, 0.29) is 11.5 Å². The first-order chi connectivity index (χ1) is 10.7. The first kappa shape index (κ1) is 16.6. The van der Waals surface area contributed by atoms with Crippen molar-refractivity contribution in [1.82, 2.24) is 15.1 Å².